The molecule has 0 N–H and O–H groups in total. The molecule has 0 atom stereocenters. The minimum absolute atomic E-state index is 0.980. The lowest BCUT2D eigenvalue weighted by molar-refractivity contribution is 1.19. The van der Waals surface area contributed by atoms with E-state index in [4.69, 9.17) is 0 Å². The van der Waals surface area contributed by atoms with Gasteiger partial charge in [-0.25, -0.2) is 9.97 Å². The van der Waals surface area contributed by atoms with Crippen molar-refractivity contribution in [1.29, 1.82) is 0 Å². The van der Waals surface area contributed by atoms with Crippen molar-refractivity contribution >= 4 is 45.3 Å². The van der Waals surface area contributed by atoms with Gasteiger partial charge in [-0.05, 0) is 53.2 Å². The van der Waals surface area contributed by atoms with Gasteiger partial charge in [0.25, 0.3) is 0 Å². The monoisotopic (exact) mass is 408 g/mol. The van der Waals surface area contributed by atoms with Crippen molar-refractivity contribution in [2.75, 3.05) is 0 Å². The Kier molecular flexibility index (Phi) is 4.26. The molecule has 0 aliphatic heterocycles. The molecule has 2 nitrogen and oxygen atoms in total. The van der Waals surface area contributed by atoms with Crippen LogP contribution >= 0.6 is 45.3 Å². The number of hydrogen-bond acceptors (Lipinski definition) is 6. The molecule has 0 aliphatic carbocycles. The van der Waals surface area contributed by atoms with Crippen LogP contribution in [-0.2, 0) is 0 Å². The van der Waals surface area contributed by atoms with Crippen LogP contribution in [-0.4, -0.2) is 9.97 Å². The Labute approximate surface area is 167 Å². The molecule has 6 heteroatoms. The van der Waals surface area contributed by atoms with Gasteiger partial charge >= 0.3 is 0 Å². The average molecular weight is 409 g/mol. The summed E-state index contributed by atoms with van der Waals surface area (Å²) in [7, 11) is 0. The van der Waals surface area contributed by atoms with Gasteiger partial charge in [0.2, 0.25) is 0 Å². The van der Waals surface area contributed by atoms with E-state index in [0.717, 1.165) is 11.4 Å². The lowest BCUT2D eigenvalue weighted by Crippen LogP contribution is -1.85. The van der Waals surface area contributed by atoms with Crippen molar-refractivity contribution < 1.29 is 0 Å². The largest absolute Gasteiger partial charge is 0.235 e. The molecule has 5 aromatic rings. The van der Waals surface area contributed by atoms with Crippen LogP contribution in [0.4, 0.5) is 0 Å². The zero-order chi connectivity index (χ0) is 17.3. The van der Waals surface area contributed by atoms with Crippen molar-refractivity contribution in [3.05, 3.63) is 71.7 Å². The molecular formula is C20H12N2S4. The summed E-state index contributed by atoms with van der Waals surface area (Å²) in [6.07, 6.45) is 1.67. The van der Waals surface area contributed by atoms with Crippen molar-refractivity contribution in [3.63, 3.8) is 0 Å². The molecule has 0 aliphatic rings. The molecule has 0 saturated heterocycles. The SMILES string of the molecule is c1csc(-c2ccc(-c3cc(-c4ccc(-c5cccs5)s4)ncn3)s2)c1. The number of hydrogen-bond donors (Lipinski definition) is 0. The van der Waals surface area contributed by atoms with E-state index in [9.17, 15) is 0 Å². The minimum atomic E-state index is 0.980. The lowest BCUT2D eigenvalue weighted by Gasteiger charge is -2.00. The second-order valence-electron chi connectivity index (χ2n) is 5.57. The van der Waals surface area contributed by atoms with Gasteiger partial charge in [0.15, 0.2) is 0 Å². The number of thiophene rings is 4. The highest BCUT2D eigenvalue weighted by Gasteiger charge is 2.11. The first-order valence-electron chi connectivity index (χ1n) is 7.97. The predicted octanol–water partition coefficient (Wildman–Crippen LogP) is 7.39. The van der Waals surface area contributed by atoms with Crippen molar-refractivity contribution in [2.45, 2.75) is 0 Å². The third-order valence-electron chi connectivity index (χ3n) is 3.91. The van der Waals surface area contributed by atoms with E-state index < -0.39 is 0 Å². The van der Waals surface area contributed by atoms with Gasteiger partial charge in [0.1, 0.15) is 6.33 Å². The molecule has 5 heterocycles. The maximum atomic E-state index is 4.50. The first-order chi connectivity index (χ1) is 12.9. The highest BCUT2D eigenvalue weighted by molar-refractivity contribution is 7.23. The first-order valence-corrected chi connectivity index (χ1v) is 11.4. The Hall–Kier alpha value is -2.12. The van der Waals surface area contributed by atoms with E-state index >= 15 is 0 Å². The van der Waals surface area contributed by atoms with Gasteiger partial charge in [-0.2, -0.15) is 0 Å². The maximum Gasteiger partial charge on any atom is 0.116 e. The van der Waals surface area contributed by atoms with E-state index in [1.165, 1.54) is 29.3 Å². The zero-order valence-corrected chi connectivity index (χ0v) is 16.7. The zero-order valence-electron chi connectivity index (χ0n) is 13.5. The molecular weight excluding hydrogens is 397 g/mol. The summed E-state index contributed by atoms with van der Waals surface area (Å²) in [4.78, 5) is 16.5. The molecule has 5 rings (SSSR count). The average Bonchev–Trinajstić information content (AvgIpc) is 3.49. The van der Waals surface area contributed by atoms with Gasteiger partial charge in [-0.1, -0.05) is 12.1 Å². The summed E-state index contributed by atoms with van der Waals surface area (Å²) < 4.78 is 0. The lowest BCUT2D eigenvalue weighted by atomic mass is 10.2. The molecule has 0 unspecified atom stereocenters. The Balaban J connectivity index is 1.48. The molecule has 0 aromatic carbocycles. The van der Waals surface area contributed by atoms with E-state index in [1.807, 2.05) is 0 Å². The summed E-state index contributed by atoms with van der Waals surface area (Å²) >= 11 is 7.08. The minimum Gasteiger partial charge on any atom is -0.235 e. The number of nitrogens with zero attached hydrogens (tertiary/aromatic N) is 2. The Morgan fingerprint density at radius 2 is 1.04 bits per heavy atom. The number of rotatable bonds is 4. The maximum absolute atomic E-state index is 4.50. The number of aromatic nitrogens is 2. The van der Waals surface area contributed by atoms with Gasteiger partial charge in [0, 0.05) is 19.5 Å². The topological polar surface area (TPSA) is 25.8 Å². The van der Waals surface area contributed by atoms with Gasteiger partial charge in [0.05, 0.1) is 21.1 Å². The fourth-order valence-electron chi connectivity index (χ4n) is 2.68. The van der Waals surface area contributed by atoms with Crippen LogP contribution < -0.4 is 0 Å². The highest BCUT2D eigenvalue weighted by atomic mass is 32.1. The van der Waals surface area contributed by atoms with Crippen molar-refractivity contribution in [3.8, 4) is 40.7 Å². The summed E-state index contributed by atoms with van der Waals surface area (Å²) in [5, 5.41) is 4.22. The third kappa shape index (κ3) is 3.05. The van der Waals surface area contributed by atoms with Crippen molar-refractivity contribution in [2.24, 2.45) is 0 Å². The standard InChI is InChI=1S/C20H12N2S4/c1-3-17(23-9-1)19-7-5-15(25-19)13-11-14(22-12-21-13)16-6-8-20(26-16)18-4-2-10-24-18/h1-12H. The summed E-state index contributed by atoms with van der Waals surface area (Å²) in [5.74, 6) is 0. The van der Waals surface area contributed by atoms with Crippen LogP contribution in [0.15, 0.2) is 71.7 Å². The third-order valence-corrected chi connectivity index (χ3v) is 8.26. The van der Waals surface area contributed by atoms with E-state index in [1.54, 1.807) is 51.7 Å². The van der Waals surface area contributed by atoms with E-state index in [-0.39, 0.29) is 0 Å². The van der Waals surface area contributed by atoms with Gasteiger partial charge in [-0.15, -0.1) is 45.3 Å². The van der Waals surface area contributed by atoms with Crippen LogP contribution in [0.2, 0.25) is 0 Å². The van der Waals surface area contributed by atoms with Crippen LogP contribution in [0, 0.1) is 0 Å². The molecule has 0 saturated carbocycles. The second-order valence-corrected chi connectivity index (χ2v) is 9.63. The molecule has 0 bridgehead atoms. The fourth-order valence-corrected chi connectivity index (χ4v) is 6.30. The van der Waals surface area contributed by atoms with Crippen LogP contribution in [0.5, 0.6) is 0 Å². The van der Waals surface area contributed by atoms with Crippen LogP contribution in [0.3, 0.4) is 0 Å². The molecule has 0 spiro atoms. The molecule has 26 heavy (non-hydrogen) atoms. The summed E-state index contributed by atoms with van der Waals surface area (Å²) in [5.41, 5.74) is 1.96. The second kappa shape index (κ2) is 6.89. The van der Waals surface area contributed by atoms with Gasteiger partial charge in [-0.3, -0.25) is 0 Å². The highest BCUT2D eigenvalue weighted by Crippen LogP contribution is 2.38. The van der Waals surface area contributed by atoms with Gasteiger partial charge < -0.3 is 0 Å². The van der Waals surface area contributed by atoms with Crippen molar-refractivity contribution in [1.82, 2.24) is 9.97 Å². The quantitative estimate of drug-likeness (QED) is 0.310. The molecule has 5 aromatic heterocycles. The predicted molar refractivity (Wildman–Crippen MR) is 115 cm³/mol. The normalized spacial score (nSPS) is 11.1. The van der Waals surface area contributed by atoms with E-state index in [2.05, 4.69) is 75.3 Å². The van der Waals surface area contributed by atoms with Crippen LogP contribution in [0.25, 0.3) is 40.7 Å². The van der Waals surface area contributed by atoms with E-state index in [0.29, 0.717) is 0 Å². The Morgan fingerprint density at radius 1 is 0.538 bits per heavy atom. The smallest absolute Gasteiger partial charge is 0.116 e. The fraction of sp³-hybridized carbons (Fsp3) is 0. The molecule has 0 radical (unpaired) electrons. The Bertz CT molecular complexity index is 1050. The van der Waals surface area contributed by atoms with Crippen LogP contribution in [0.1, 0.15) is 0 Å². The molecule has 0 amide bonds. The first kappa shape index (κ1) is 16.1. The summed E-state index contributed by atoms with van der Waals surface area (Å²) in [6.45, 7) is 0. The Morgan fingerprint density at radius 3 is 1.50 bits per heavy atom. The molecule has 126 valence electrons. The molecule has 0 fully saturated rings. The summed E-state index contributed by atoms with van der Waals surface area (Å²) in [6, 6.07) is 19.2.